The first-order valence-corrected chi connectivity index (χ1v) is 6.36. The highest BCUT2D eigenvalue weighted by molar-refractivity contribution is 9.10. The van der Waals surface area contributed by atoms with Crippen molar-refractivity contribution in [2.75, 3.05) is 6.54 Å². The van der Waals surface area contributed by atoms with E-state index in [2.05, 4.69) is 31.1 Å². The molecule has 0 aliphatic rings. The lowest BCUT2D eigenvalue weighted by Crippen LogP contribution is -2.25. The summed E-state index contributed by atoms with van der Waals surface area (Å²) in [6.45, 7) is 2.29. The maximum atomic E-state index is 12.2. The standard InChI is InChI=1S/C11H11BrN6O/c1-8-15-18(10-4-2-9(12)3-5-10)11(19)17(8)7-6-14-16-13/h2-5H,6-7H2,1H3. The number of nitrogens with zero attached hydrogens (tertiary/aromatic N) is 6. The van der Waals surface area contributed by atoms with Crippen LogP contribution in [0.15, 0.2) is 38.6 Å². The minimum absolute atomic E-state index is 0.225. The second-order valence-electron chi connectivity index (χ2n) is 3.82. The van der Waals surface area contributed by atoms with E-state index in [0.717, 1.165) is 4.47 Å². The summed E-state index contributed by atoms with van der Waals surface area (Å²) in [4.78, 5) is 14.8. The van der Waals surface area contributed by atoms with Crippen molar-refractivity contribution in [1.29, 1.82) is 0 Å². The van der Waals surface area contributed by atoms with Gasteiger partial charge in [0.25, 0.3) is 0 Å². The van der Waals surface area contributed by atoms with Crippen LogP contribution in [0.2, 0.25) is 0 Å². The molecule has 0 saturated heterocycles. The summed E-state index contributed by atoms with van der Waals surface area (Å²) in [5.74, 6) is 0.584. The van der Waals surface area contributed by atoms with Crippen LogP contribution in [-0.4, -0.2) is 20.9 Å². The Kier molecular flexibility index (Phi) is 4.03. The van der Waals surface area contributed by atoms with Gasteiger partial charge in [-0.15, -0.1) is 0 Å². The average Bonchev–Trinajstić information content (AvgIpc) is 2.68. The summed E-state index contributed by atoms with van der Waals surface area (Å²) >= 11 is 3.34. The van der Waals surface area contributed by atoms with Crippen LogP contribution in [-0.2, 0) is 6.54 Å². The molecule has 0 unspecified atom stereocenters. The fourth-order valence-corrected chi connectivity index (χ4v) is 1.96. The molecule has 0 aliphatic carbocycles. The van der Waals surface area contributed by atoms with Gasteiger partial charge in [0, 0.05) is 22.5 Å². The van der Waals surface area contributed by atoms with Crippen LogP contribution in [0.4, 0.5) is 0 Å². The largest absolute Gasteiger partial charge is 0.350 e. The van der Waals surface area contributed by atoms with Crippen LogP contribution >= 0.6 is 15.9 Å². The van der Waals surface area contributed by atoms with Gasteiger partial charge >= 0.3 is 5.69 Å². The molecule has 0 fully saturated rings. The Morgan fingerprint density at radius 2 is 2.11 bits per heavy atom. The molecular formula is C11H11BrN6O. The third-order valence-electron chi connectivity index (χ3n) is 2.61. The van der Waals surface area contributed by atoms with E-state index in [0.29, 0.717) is 18.1 Å². The third-order valence-corrected chi connectivity index (χ3v) is 3.13. The zero-order valence-electron chi connectivity index (χ0n) is 10.2. The predicted molar refractivity (Wildman–Crippen MR) is 74.3 cm³/mol. The van der Waals surface area contributed by atoms with Gasteiger partial charge in [0.15, 0.2) is 0 Å². The number of rotatable bonds is 4. The molecule has 1 aromatic carbocycles. The molecule has 2 rings (SSSR count). The molecule has 0 bridgehead atoms. The van der Waals surface area contributed by atoms with Crippen LogP contribution in [0.1, 0.15) is 5.82 Å². The first-order valence-electron chi connectivity index (χ1n) is 5.56. The minimum atomic E-state index is -0.243. The van der Waals surface area contributed by atoms with E-state index in [1.165, 1.54) is 9.25 Å². The second kappa shape index (κ2) is 5.73. The van der Waals surface area contributed by atoms with Gasteiger partial charge in [-0.1, -0.05) is 21.0 Å². The van der Waals surface area contributed by atoms with Crippen molar-refractivity contribution in [2.45, 2.75) is 13.5 Å². The molecule has 0 spiro atoms. The van der Waals surface area contributed by atoms with Gasteiger partial charge in [-0.2, -0.15) is 9.78 Å². The average molecular weight is 323 g/mol. The van der Waals surface area contributed by atoms with Gasteiger partial charge in [-0.3, -0.25) is 4.57 Å². The summed E-state index contributed by atoms with van der Waals surface area (Å²) in [6, 6.07) is 7.29. The Morgan fingerprint density at radius 3 is 2.74 bits per heavy atom. The van der Waals surface area contributed by atoms with Crippen molar-refractivity contribution in [3.63, 3.8) is 0 Å². The second-order valence-corrected chi connectivity index (χ2v) is 4.74. The molecule has 0 saturated carbocycles. The van der Waals surface area contributed by atoms with E-state index in [1.807, 2.05) is 12.1 Å². The van der Waals surface area contributed by atoms with E-state index < -0.39 is 0 Å². The van der Waals surface area contributed by atoms with Crippen molar-refractivity contribution in [3.8, 4) is 5.69 Å². The van der Waals surface area contributed by atoms with Crippen molar-refractivity contribution in [3.05, 3.63) is 55.5 Å². The minimum Gasteiger partial charge on any atom is -0.279 e. The highest BCUT2D eigenvalue weighted by Crippen LogP contribution is 2.12. The molecule has 19 heavy (non-hydrogen) atoms. The molecule has 8 heteroatoms. The zero-order chi connectivity index (χ0) is 13.8. The van der Waals surface area contributed by atoms with Gasteiger partial charge in [0.1, 0.15) is 5.82 Å². The molecule has 0 amide bonds. The zero-order valence-corrected chi connectivity index (χ0v) is 11.8. The van der Waals surface area contributed by atoms with Gasteiger partial charge in [0.2, 0.25) is 0 Å². The first-order chi connectivity index (χ1) is 9.13. The van der Waals surface area contributed by atoms with Crippen molar-refractivity contribution in [2.24, 2.45) is 5.11 Å². The topological polar surface area (TPSA) is 88.6 Å². The van der Waals surface area contributed by atoms with E-state index in [-0.39, 0.29) is 12.2 Å². The monoisotopic (exact) mass is 322 g/mol. The van der Waals surface area contributed by atoms with Crippen molar-refractivity contribution < 1.29 is 0 Å². The van der Waals surface area contributed by atoms with Gasteiger partial charge in [-0.05, 0) is 36.7 Å². The van der Waals surface area contributed by atoms with E-state index >= 15 is 0 Å². The normalized spacial score (nSPS) is 10.2. The summed E-state index contributed by atoms with van der Waals surface area (Å²) in [5.41, 5.74) is 8.69. The number of hydrogen-bond donors (Lipinski definition) is 0. The van der Waals surface area contributed by atoms with Crippen LogP contribution in [0, 0.1) is 6.92 Å². The predicted octanol–water partition coefficient (Wildman–Crippen LogP) is 2.42. The van der Waals surface area contributed by atoms with Gasteiger partial charge < -0.3 is 0 Å². The third kappa shape index (κ3) is 2.86. The lowest BCUT2D eigenvalue weighted by Gasteiger charge is -1.99. The molecule has 7 nitrogen and oxygen atoms in total. The molecule has 98 valence electrons. The van der Waals surface area contributed by atoms with Crippen LogP contribution in [0.25, 0.3) is 16.1 Å². The lowest BCUT2D eigenvalue weighted by molar-refractivity contribution is 0.655. The Morgan fingerprint density at radius 1 is 1.42 bits per heavy atom. The Balaban J connectivity index is 2.38. The fraction of sp³-hybridized carbons (Fsp3) is 0.273. The Labute approximate surface area is 117 Å². The maximum Gasteiger partial charge on any atom is 0.350 e. The first kappa shape index (κ1) is 13.4. The number of halogens is 1. The van der Waals surface area contributed by atoms with Crippen LogP contribution < -0.4 is 5.69 Å². The quantitative estimate of drug-likeness (QED) is 0.491. The number of aromatic nitrogens is 3. The van der Waals surface area contributed by atoms with Gasteiger partial charge in [0.05, 0.1) is 5.69 Å². The van der Waals surface area contributed by atoms with Crippen molar-refractivity contribution >= 4 is 15.9 Å². The highest BCUT2D eigenvalue weighted by atomic mass is 79.9. The lowest BCUT2D eigenvalue weighted by atomic mass is 10.3. The summed E-state index contributed by atoms with van der Waals surface area (Å²) < 4.78 is 3.75. The molecule has 0 atom stereocenters. The van der Waals surface area contributed by atoms with E-state index in [1.54, 1.807) is 19.1 Å². The number of aryl methyl sites for hydroxylation is 1. The summed E-state index contributed by atoms with van der Waals surface area (Å²) in [5, 5.41) is 7.63. The van der Waals surface area contributed by atoms with E-state index in [9.17, 15) is 4.79 Å². The molecule has 2 aromatic rings. The molecule has 0 aliphatic heterocycles. The fourth-order valence-electron chi connectivity index (χ4n) is 1.69. The maximum absolute atomic E-state index is 12.2. The Bertz CT molecular complexity index is 680. The molecular weight excluding hydrogens is 312 g/mol. The van der Waals surface area contributed by atoms with Crippen LogP contribution in [0.5, 0.6) is 0 Å². The van der Waals surface area contributed by atoms with Crippen LogP contribution in [0.3, 0.4) is 0 Å². The number of hydrogen-bond acceptors (Lipinski definition) is 3. The molecule has 1 aromatic heterocycles. The Hall–Kier alpha value is -2.05. The number of azide groups is 1. The number of benzene rings is 1. The molecule has 0 N–H and O–H groups in total. The van der Waals surface area contributed by atoms with Crippen molar-refractivity contribution in [1.82, 2.24) is 14.3 Å². The highest BCUT2D eigenvalue weighted by Gasteiger charge is 2.10. The summed E-state index contributed by atoms with van der Waals surface area (Å²) in [7, 11) is 0. The smallest absolute Gasteiger partial charge is 0.279 e. The molecule has 1 heterocycles. The molecule has 0 radical (unpaired) electrons. The SMILES string of the molecule is Cc1nn(-c2ccc(Br)cc2)c(=O)n1CCN=[N+]=[N-]. The summed E-state index contributed by atoms with van der Waals surface area (Å²) in [6.07, 6.45) is 0. The van der Waals surface area contributed by atoms with E-state index in [4.69, 9.17) is 5.53 Å². The van der Waals surface area contributed by atoms with Gasteiger partial charge in [-0.25, -0.2) is 4.79 Å².